The summed E-state index contributed by atoms with van der Waals surface area (Å²) in [6.45, 7) is 0. The van der Waals surface area contributed by atoms with Crippen LogP contribution in [0.1, 0.15) is 11.1 Å². The number of esters is 1. The van der Waals surface area contributed by atoms with Gasteiger partial charge in [-0.05, 0) is 11.6 Å². The Kier molecular flexibility index (Phi) is 3.89. The van der Waals surface area contributed by atoms with Gasteiger partial charge in [-0.1, -0.05) is 6.07 Å². The van der Waals surface area contributed by atoms with E-state index < -0.39 is 28.3 Å². The van der Waals surface area contributed by atoms with Crippen LogP contribution in [0.2, 0.25) is 0 Å². The van der Waals surface area contributed by atoms with Crippen LogP contribution in [-0.2, 0) is 22.1 Å². The molecule has 98 valence electrons. The molecule has 1 aromatic rings. The number of hydrogen-bond donors (Lipinski definition) is 0. The molecule has 0 saturated heterocycles. The predicted molar refractivity (Wildman–Crippen MR) is 53.8 cm³/mol. The highest BCUT2D eigenvalue weighted by molar-refractivity contribution is 5.72. The zero-order chi connectivity index (χ0) is 13.9. The molecule has 0 aliphatic carbocycles. The zero-order valence-electron chi connectivity index (χ0n) is 9.15. The Bertz CT molecular complexity index is 485. The maximum Gasteiger partial charge on any atom is 0.423 e. The fourth-order valence-electron chi connectivity index (χ4n) is 1.32. The van der Waals surface area contributed by atoms with E-state index >= 15 is 0 Å². The van der Waals surface area contributed by atoms with Gasteiger partial charge in [0, 0.05) is 6.07 Å². The molecule has 0 spiro atoms. The Morgan fingerprint density at radius 3 is 2.50 bits per heavy atom. The van der Waals surface area contributed by atoms with Gasteiger partial charge in [-0.2, -0.15) is 13.2 Å². The second-order valence-electron chi connectivity index (χ2n) is 3.36. The first kappa shape index (κ1) is 13.9. The molecular formula is C10H8F3NO4. The van der Waals surface area contributed by atoms with Crippen molar-refractivity contribution < 1.29 is 27.6 Å². The topological polar surface area (TPSA) is 69.4 Å². The lowest BCUT2D eigenvalue weighted by atomic mass is 10.1. The molecule has 0 bridgehead atoms. The molecule has 0 aliphatic heterocycles. The number of methoxy groups -OCH3 is 1. The largest absolute Gasteiger partial charge is 0.469 e. The van der Waals surface area contributed by atoms with Crippen molar-refractivity contribution in [1.82, 2.24) is 0 Å². The molecule has 0 atom stereocenters. The number of alkyl halides is 3. The van der Waals surface area contributed by atoms with Crippen LogP contribution in [0.4, 0.5) is 18.9 Å². The molecule has 1 aromatic carbocycles. The van der Waals surface area contributed by atoms with E-state index in [1.807, 2.05) is 0 Å². The first-order valence-corrected chi connectivity index (χ1v) is 4.67. The van der Waals surface area contributed by atoms with Gasteiger partial charge in [0.05, 0.1) is 18.5 Å². The molecule has 8 heteroatoms. The van der Waals surface area contributed by atoms with Crippen molar-refractivity contribution in [3.8, 4) is 0 Å². The molecule has 1 rings (SSSR count). The maximum absolute atomic E-state index is 12.6. The number of nitrogens with zero attached hydrogens (tertiary/aromatic N) is 1. The van der Waals surface area contributed by atoms with E-state index in [1.54, 1.807) is 0 Å². The van der Waals surface area contributed by atoms with Gasteiger partial charge in [0.1, 0.15) is 5.56 Å². The summed E-state index contributed by atoms with van der Waals surface area (Å²) in [7, 11) is 1.10. The Morgan fingerprint density at radius 2 is 2.06 bits per heavy atom. The lowest BCUT2D eigenvalue weighted by Crippen LogP contribution is -2.11. The van der Waals surface area contributed by atoms with Gasteiger partial charge >= 0.3 is 12.1 Å². The number of halogens is 3. The van der Waals surface area contributed by atoms with Crippen molar-refractivity contribution in [3.05, 3.63) is 39.4 Å². The average molecular weight is 263 g/mol. The molecule has 0 unspecified atom stereocenters. The number of ether oxygens (including phenoxy) is 1. The van der Waals surface area contributed by atoms with Crippen molar-refractivity contribution in [2.45, 2.75) is 12.6 Å². The molecule has 0 N–H and O–H groups in total. The van der Waals surface area contributed by atoms with Crippen molar-refractivity contribution in [1.29, 1.82) is 0 Å². The van der Waals surface area contributed by atoms with Crippen LogP contribution >= 0.6 is 0 Å². The van der Waals surface area contributed by atoms with Crippen molar-refractivity contribution in [2.75, 3.05) is 7.11 Å². The standard InChI is InChI=1S/C10H8F3NO4/c1-18-9(15)5-6-2-3-8(14(16)17)7(4-6)10(11,12)13/h2-4H,5H2,1H3. The smallest absolute Gasteiger partial charge is 0.423 e. The summed E-state index contributed by atoms with van der Waals surface area (Å²) in [6.07, 6.45) is -5.23. The number of benzene rings is 1. The van der Waals surface area contributed by atoms with E-state index in [2.05, 4.69) is 4.74 Å². The van der Waals surface area contributed by atoms with Crippen molar-refractivity contribution in [2.24, 2.45) is 0 Å². The van der Waals surface area contributed by atoms with Gasteiger partial charge in [-0.25, -0.2) is 0 Å². The van der Waals surface area contributed by atoms with Gasteiger partial charge in [-0.3, -0.25) is 14.9 Å². The van der Waals surface area contributed by atoms with Crippen LogP contribution in [0.3, 0.4) is 0 Å². The highest BCUT2D eigenvalue weighted by atomic mass is 19.4. The summed E-state index contributed by atoms with van der Waals surface area (Å²) in [5.41, 5.74) is -2.43. The van der Waals surface area contributed by atoms with Crippen LogP contribution in [0, 0.1) is 10.1 Å². The summed E-state index contributed by atoms with van der Waals surface area (Å²) in [4.78, 5) is 20.3. The lowest BCUT2D eigenvalue weighted by Gasteiger charge is -2.09. The van der Waals surface area contributed by atoms with Crippen LogP contribution in [0.25, 0.3) is 0 Å². The van der Waals surface area contributed by atoms with Crippen LogP contribution in [0.5, 0.6) is 0 Å². The quantitative estimate of drug-likeness (QED) is 0.476. The second kappa shape index (κ2) is 5.03. The minimum Gasteiger partial charge on any atom is -0.469 e. The van der Waals surface area contributed by atoms with Gasteiger partial charge < -0.3 is 4.74 Å². The predicted octanol–water partition coefficient (Wildman–Crippen LogP) is 2.33. The minimum atomic E-state index is -4.85. The summed E-state index contributed by atoms with van der Waals surface area (Å²) < 4.78 is 42.1. The maximum atomic E-state index is 12.6. The molecule has 0 saturated carbocycles. The lowest BCUT2D eigenvalue weighted by molar-refractivity contribution is -0.388. The highest BCUT2D eigenvalue weighted by Crippen LogP contribution is 2.36. The number of nitro groups is 1. The van der Waals surface area contributed by atoms with Crippen molar-refractivity contribution in [3.63, 3.8) is 0 Å². The third-order valence-corrected chi connectivity index (χ3v) is 2.14. The monoisotopic (exact) mass is 263 g/mol. The SMILES string of the molecule is COC(=O)Cc1ccc([N+](=O)[O-])c(C(F)(F)F)c1. The van der Waals surface area contributed by atoms with Crippen molar-refractivity contribution >= 4 is 11.7 Å². The minimum absolute atomic E-state index is 0.000208. The molecule has 0 aliphatic rings. The zero-order valence-corrected chi connectivity index (χ0v) is 9.15. The van der Waals surface area contributed by atoms with Gasteiger partial charge in [0.2, 0.25) is 0 Å². The molecule has 0 amide bonds. The van der Waals surface area contributed by atoms with Gasteiger partial charge in [-0.15, -0.1) is 0 Å². The Labute approximate surface area is 99.3 Å². The molecule has 18 heavy (non-hydrogen) atoms. The van der Waals surface area contributed by atoms with E-state index in [-0.39, 0.29) is 12.0 Å². The fraction of sp³-hybridized carbons (Fsp3) is 0.300. The van der Waals surface area contributed by atoms with E-state index in [9.17, 15) is 28.1 Å². The second-order valence-corrected chi connectivity index (χ2v) is 3.36. The first-order chi connectivity index (χ1) is 8.25. The third-order valence-electron chi connectivity index (χ3n) is 2.14. The average Bonchev–Trinajstić information content (AvgIpc) is 2.27. The van der Waals surface area contributed by atoms with E-state index in [0.717, 1.165) is 19.2 Å². The van der Waals surface area contributed by atoms with E-state index in [0.29, 0.717) is 6.07 Å². The van der Waals surface area contributed by atoms with E-state index in [1.165, 1.54) is 0 Å². The molecule has 0 aromatic heterocycles. The molecule has 5 nitrogen and oxygen atoms in total. The Morgan fingerprint density at radius 1 is 1.44 bits per heavy atom. The fourth-order valence-corrected chi connectivity index (χ4v) is 1.32. The number of hydrogen-bond acceptors (Lipinski definition) is 4. The first-order valence-electron chi connectivity index (χ1n) is 4.67. The molecular weight excluding hydrogens is 255 g/mol. The Hall–Kier alpha value is -2.12. The van der Waals surface area contributed by atoms with Gasteiger partial charge in [0.15, 0.2) is 0 Å². The summed E-state index contributed by atoms with van der Waals surface area (Å²) in [5, 5.41) is 10.5. The number of rotatable bonds is 3. The normalized spacial score (nSPS) is 11.1. The molecule has 0 heterocycles. The third kappa shape index (κ3) is 3.19. The van der Waals surface area contributed by atoms with E-state index in [4.69, 9.17) is 0 Å². The van der Waals surface area contributed by atoms with Crippen LogP contribution in [0.15, 0.2) is 18.2 Å². The van der Waals surface area contributed by atoms with Crippen LogP contribution in [-0.4, -0.2) is 18.0 Å². The van der Waals surface area contributed by atoms with Gasteiger partial charge in [0.25, 0.3) is 5.69 Å². The molecule has 0 fully saturated rings. The summed E-state index contributed by atoms with van der Waals surface area (Å²) in [6, 6.07) is 2.39. The highest BCUT2D eigenvalue weighted by Gasteiger charge is 2.38. The Balaban J connectivity index is 3.22. The summed E-state index contributed by atoms with van der Waals surface area (Å²) in [5.74, 6) is -0.725. The number of nitro benzene ring substituents is 1. The molecule has 0 radical (unpaired) electrons. The summed E-state index contributed by atoms with van der Waals surface area (Å²) >= 11 is 0. The van der Waals surface area contributed by atoms with Crippen LogP contribution < -0.4 is 0 Å². The number of carbonyl (C=O) groups excluding carboxylic acids is 1. The number of carbonyl (C=O) groups is 1.